The first-order chi connectivity index (χ1) is 13.8. The number of hydrogen-bond acceptors (Lipinski definition) is 2. The van der Waals surface area contributed by atoms with Gasteiger partial charge in [-0.1, -0.05) is 66.5 Å². The van der Waals surface area contributed by atoms with Gasteiger partial charge in [0, 0.05) is 29.1 Å². The molecule has 0 heterocycles. The zero-order valence-corrected chi connectivity index (χ0v) is 18.6. The maximum absolute atomic E-state index is 13.1. The lowest BCUT2D eigenvalue weighted by molar-refractivity contribution is -0.140. The number of amides is 2. The van der Waals surface area contributed by atoms with Crippen LogP contribution in [0.1, 0.15) is 44.7 Å². The minimum atomic E-state index is -0.612. The van der Waals surface area contributed by atoms with Crippen LogP contribution in [-0.2, 0) is 22.6 Å². The summed E-state index contributed by atoms with van der Waals surface area (Å²) in [4.78, 5) is 27.4. The third-order valence-electron chi connectivity index (χ3n) is 5.03. The molecule has 0 aliphatic carbocycles. The minimum Gasteiger partial charge on any atom is -0.352 e. The highest BCUT2D eigenvalue weighted by Crippen LogP contribution is 2.21. The van der Waals surface area contributed by atoms with Gasteiger partial charge in [-0.15, -0.1) is 0 Å². The van der Waals surface area contributed by atoms with Gasteiger partial charge >= 0.3 is 0 Å². The fraction of sp³-hybridized carbons (Fsp3) is 0.391. The van der Waals surface area contributed by atoms with Gasteiger partial charge in [0.15, 0.2) is 0 Å². The molecule has 29 heavy (non-hydrogen) atoms. The van der Waals surface area contributed by atoms with Crippen LogP contribution in [-0.4, -0.2) is 28.8 Å². The average Bonchev–Trinajstić information content (AvgIpc) is 2.71. The van der Waals surface area contributed by atoms with Gasteiger partial charge in [0.2, 0.25) is 11.8 Å². The number of carbonyl (C=O) groups is 2. The molecule has 4 nitrogen and oxygen atoms in total. The predicted molar refractivity (Wildman–Crippen MR) is 119 cm³/mol. The summed E-state index contributed by atoms with van der Waals surface area (Å²) in [6, 6.07) is 14.3. The zero-order valence-electron chi connectivity index (χ0n) is 17.1. The highest BCUT2D eigenvalue weighted by atomic mass is 35.5. The van der Waals surface area contributed by atoms with E-state index in [4.69, 9.17) is 23.2 Å². The van der Waals surface area contributed by atoms with Crippen LogP contribution < -0.4 is 5.32 Å². The minimum absolute atomic E-state index is 0.0466. The van der Waals surface area contributed by atoms with E-state index in [2.05, 4.69) is 5.32 Å². The van der Waals surface area contributed by atoms with Crippen molar-refractivity contribution in [3.05, 3.63) is 69.7 Å². The first kappa shape index (κ1) is 23.2. The maximum atomic E-state index is 13.1. The van der Waals surface area contributed by atoms with Gasteiger partial charge in [-0.25, -0.2) is 0 Å². The zero-order chi connectivity index (χ0) is 21.4. The molecule has 0 saturated carbocycles. The predicted octanol–water partition coefficient (Wildman–Crippen LogP) is 5.26. The van der Waals surface area contributed by atoms with Crippen molar-refractivity contribution in [2.45, 2.75) is 58.7 Å². The van der Waals surface area contributed by atoms with Crippen molar-refractivity contribution in [1.82, 2.24) is 10.2 Å². The van der Waals surface area contributed by atoms with E-state index in [1.165, 1.54) is 0 Å². The number of nitrogens with zero attached hydrogens (tertiary/aromatic N) is 1. The molecule has 2 aromatic carbocycles. The van der Waals surface area contributed by atoms with Crippen LogP contribution in [0.5, 0.6) is 0 Å². The summed E-state index contributed by atoms with van der Waals surface area (Å²) in [5.74, 6) is -0.283. The molecule has 0 fully saturated rings. The number of benzene rings is 2. The van der Waals surface area contributed by atoms with Crippen LogP contribution in [0.25, 0.3) is 0 Å². The van der Waals surface area contributed by atoms with Crippen molar-refractivity contribution in [3.63, 3.8) is 0 Å². The molecule has 2 aromatic rings. The largest absolute Gasteiger partial charge is 0.352 e. The third-order valence-corrected chi connectivity index (χ3v) is 5.77. The Morgan fingerprint density at radius 1 is 0.966 bits per heavy atom. The van der Waals surface area contributed by atoms with Gasteiger partial charge in [0.1, 0.15) is 6.04 Å². The second kappa shape index (κ2) is 11.2. The Labute approximate surface area is 183 Å². The summed E-state index contributed by atoms with van der Waals surface area (Å²) in [5.41, 5.74) is 1.72. The van der Waals surface area contributed by atoms with Gasteiger partial charge in [-0.2, -0.15) is 0 Å². The Morgan fingerprint density at radius 3 is 2.07 bits per heavy atom. The molecule has 0 bridgehead atoms. The Bertz CT molecular complexity index is 841. The van der Waals surface area contributed by atoms with Crippen LogP contribution in [0.2, 0.25) is 10.0 Å². The number of halogens is 2. The molecular formula is C23H28Cl2N2O2. The molecule has 0 radical (unpaired) electrons. The molecule has 6 heteroatoms. The summed E-state index contributed by atoms with van der Waals surface area (Å²) >= 11 is 12.5. The van der Waals surface area contributed by atoms with E-state index in [1.54, 1.807) is 17.9 Å². The maximum Gasteiger partial charge on any atom is 0.242 e. The first-order valence-electron chi connectivity index (χ1n) is 9.90. The Morgan fingerprint density at radius 2 is 1.52 bits per heavy atom. The Balaban J connectivity index is 2.18. The van der Waals surface area contributed by atoms with Crippen LogP contribution >= 0.6 is 23.2 Å². The van der Waals surface area contributed by atoms with E-state index in [0.29, 0.717) is 16.5 Å². The summed E-state index contributed by atoms with van der Waals surface area (Å²) in [6.07, 6.45) is 1.59. The first-order valence-corrected chi connectivity index (χ1v) is 10.7. The van der Waals surface area contributed by atoms with Gasteiger partial charge in [0.05, 0.1) is 0 Å². The van der Waals surface area contributed by atoms with Crippen molar-refractivity contribution >= 4 is 35.0 Å². The summed E-state index contributed by atoms with van der Waals surface area (Å²) in [6.45, 7) is 5.98. The van der Waals surface area contributed by atoms with Crippen molar-refractivity contribution in [1.29, 1.82) is 0 Å². The number of rotatable bonds is 9. The van der Waals surface area contributed by atoms with E-state index < -0.39 is 6.04 Å². The van der Waals surface area contributed by atoms with Crippen molar-refractivity contribution in [2.24, 2.45) is 0 Å². The third kappa shape index (κ3) is 6.76. The average molecular weight is 435 g/mol. The fourth-order valence-electron chi connectivity index (χ4n) is 2.94. The molecule has 2 atom stereocenters. The quantitative estimate of drug-likeness (QED) is 0.584. The smallest absolute Gasteiger partial charge is 0.242 e. The number of carbonyl (C=O) groups excluding carboxylic acids is 2. The molecule has 2 rings (SSSR count). The highest BCUT2D eigenvalue weighted by molar-refractivity contribution is 6.31. The Kier molecular flexibility index (Phi) is 8.99. The van der Waals surface area contributed by atoms with Gasteiger partial charge in [-0.05, 0) is 49.9 Å². The molecule has 0 aliphatic rings. The van der Waals surface area contributed by atoms with Crippen molar-refractivity contribution in [3.8, 4) is 0 Å². The van der Waals surface area contributed by atoms with Gasteiger partial charge in [-0.3, -0.25) is 9.59 Å². The van der Waals surface area contributed by atoms with Crippen molar-refractivity contribution in [2.75, 3.05) is 0 Å². The molecule has 2 unspecified atom stereocenters. The molecule has 0 aliphatic heterocycles. The van der Waals surface area contributed by atoms with E-state index in [9.17, 15) is 9.59 Å². The Hall–Kier alpha value is -2.04. The number of nitrogens with one attached hydrogen (secondary N) is 1. The standard InChI is InChI=1S/C23H28Cl2N2O2/c1-4-16(2)26-23(29)17(3)27(15-19-10-6-8-12-21(19)25)22(28)14-13-18-9-5-7-11-20(18)24/h5-12,16-17H,4,13-15H2,1-3H3,(H,26,29). The monoisotopic (exact) mass is 434 g/mol. The van der Waals surface area contributed by atoms with Gasteiger partial charge in [0.25, 0.3) is 0 Å². The summed E-state index contributed by atoms with van der Waals surface area (Å²) < 4.78 is 0. The molecular weight excluding hydrogens is 407 g/mol. The van der Waals surface area contributed by atoms with Crippen LogP contribution in [0, 0.1) is 0 Å². The van der Waals surface area contributed by atoms with E-state index >= 15 is 0 Å². The molecule has 2 amide bonds. The molecule has 156 valence electrons. The van der Waals surface area contributed by atoms with E-state index in [0.717, 1.165) is 17.5 Å². The van der Waals surface area contributed by atoms with E-state index in [-0.39, 0.29) is 30.8 Å². The van der Waals surface area contributed by atoms with E-state index in [1.807, 2.05) is 56.3 Å². The van der Waals surface area contributed by atoms with Crippen molar-refractivity contribution < 1.29 is 9.59 Å². The molecule has 0 saturated heterocycles. The molecule has 0 spiro atoms. The summed E-state index contributed by atoms with van der Waals surface area (Å²) in [5, 5.41) is 4.18. The highest BCUT2D eigenvalue weighted by Gasteiger charge is 2.27. The van der Waals surface area contributed by atoms with Crippen LogP contribution in [0.3, 0.4) is 0 Å². The SMILES string of the molecule is CCC(C)NC(=O)C(C)N(Cc1ccccc1Cl)C(=O)CCc1ccccc1Cl. The fourth-order valence-corrected chi connectivity index (χ4v) is 3.37. The molecule has 0 aromatic heterocycles. The number of hydrogen-bond donors (Lipinski definition) is 1. The lowest BCUT2D eigenvalue weighted by atomic mass is 10.1. The second-order valence-corrected chi connectivity index (χ2v) is 8.01. The van der Waals surface area contributed by atoms with Crippen LogP contribution in [0.4, 0.5) is 0 Å². The molecule has 1 N–H and O–H groups in total. The van der Waals surface area contributed by atoms with Gasteiger partial charge < -0.3 is 10.2 Å². The lowest BCUT2D eigenvalue weighted by Gasteiger charge is -2.30. The second-order valence-electron chi connectivity index (χ2n) is 7.20. The normalized spacial score (nSPS) is 12.9. The van der Waals surface area contributed by atoms with Crippen LogP contribution in [0.15, 0.2) is 48.5 Å². The lowest BCUT2D eigenvalue weighted by Crippen LogP contribution is -2.49. The summed E-state index contributed by atoms with van der Waals surface area (Å²) in [7, 11) is 0. The topological polar surface area (TPSA) is 49.4 Å². The number of aryl methyl sites for hydroxylation is 1.